The van der Waals surface area contributed by atoms with Gasteiger partial charge in [0.2, 0.25) is 5.91 Å². The molecule has 0 saturated carbocycles. The Labute approximate surface area is 166 Å². The van der Waals surface area contributed by atoms with E-state index >= 15 is 0 Å². The fourth-order valence-electron chi connectivity index (χ4n) is 4.35. The van der Waals surface area contributed by atoms with Crippen molar-refractivity contribution in [1.82, 2.24) is 26.0 Å². The lowest BCUT2D eigenvalue weighted by molar-refractivity contribution is -0.134. The van der Waals surface area contributed by atoms with Crippen LogP contribution in [0.4, 0.5) is 4.39 Å². The zero-order chi connectivity index (χ0) is 17.9. The molecular weight excluding hydrogens is 369 g/mol. The van der Waals surface area contributed by atoms with Crippen molar-refractivity contribution in [3.8, 4) is 0 Å². The number of nitrogens with zero attached hydrogens (tertiary/aromatic N) is 2. The second-order valence-electron chi connectivity index (χ2n) is 7.61. The lowest BCUT2D eigenvalue weighted by atomic mass is 9.89. The summed E-state index contributed by atoms with van der Waals surface area (Å²) >= 11 is 0. The number of rotatable bonds is 3. The van der Waals surface area contributed by atoms with E-state index in [4.69, 9.17) is 0 Å². The number of halogens is 2. The fourth-order valence-corrected chi connectivity index (χ4v) is 4.35. The zero-order valence-corrected chi connectivity index (χ0v) is 16.3. The van der Waals surface area contributed by atoms with E-state index in [2.05, 4.69) is 21.1 Å². The van der Waals surface area contributed by atoms with Crippen LogP contribution >= 0.6 is 12.4 Å². The minimum Gasteiger partial charge on any atom is -0.340 e. The average Bonchev–Trinajstić information content (AvgIpc) is 2.95. The summed E-state index contributed by atoms with van der Waals surface area (Å²) in [6.45, 7) is 6.09. The Hall–Kier alpha value is -1.25. The van der Waals surface area contributed by atoms with Gasteiger partial charge in [0.25, 0.3) is 0 Å². The standard InChI is InChI=1S/C19H28FN5O.ClH/c20-15-4-2-14(3-5-15)13-24-8-1-9-25(11-10-24)19(26)18-16-12-21-7-6-17(16)22-23-18;/h2-5,16-18,21-23H,1,6-13H2;1H. The summed E-state index contributed by atoms with van der Waals surface area (Å²) < 4.78 is 13.1. The summed E-state index contributed by atoms with van der Waals surface area (Å²) in [4.78, 5) is 17.4. The van der Waals surface area contributed by atoms with Gasteiger partial charge in [-0.25, -0.2) is 9.82 Å². The quantitative estimate of drug-likeness (QED) is 0.702. The molecule has 1 amide bonds. The molecule has 3 heterocycles. The van der Waals surface area contributed by atoms with Gasteiger partial charge >= 0.3 is 0 Å². The van der Waals surface area contributed by atoms with Crippen LogP contribution in [0.15, 0.2) is 24.3 Å². The van der Waals surface area contributed by atoms with Crippen molar-refractivity contribution >= 4 is 18.3 Å². The Kier molecular flexibility index (Phi) is 7.05. The average molecular weight is 398 g/mol. The van der Waals surface area contributed by atoms with Crippen LogP contribution in [-0.4, -0.2) is 67.1 Å². The van der Waals surface area contributed by atoms with E-state index in [1.807, 2.05) is 17.0 Å². The van der Waals surface area contributed by atoms with E-state index in [-0.39, 0.29) is 30.2 Å². The van der Waals surface area contributed by atoms with Gasteiger partial charge in [0, 0.05) is 51.2 Å². The first kappa shape index (κ1) is 20.5. The smallest absolute Gasteiger partial charge is 0.241 e. The van der Waals surface area contributed by atoms with Crippen molar-refractivity contribution < 1.29 is 9.18 Å². The SMILES string of the molecule is Cl.O=C(C1NNC2CCNCC21)N1CCCN(Cc2ccc(F)cc2)CC1. The van der Waals surface area contributed by atoms with Gasteiger partial charge in [-0.15, -0.1) is 12.4 Å². The Bertz CT molecular complexity index is 631. The maximum Gasteiger partial charge on any atom is 0.241 e. The van der Waals surface area contributed by atoms with Gasteiger partial charge in [-0.05, 0) is 37.1 Å². The lowest BCUT2D eigenvalue weighted by Crippen LogP contribution is -2.51. The number of piperidine rings is 1. The summed E-state index contributed by atoms with van der Waals surface area (Å²) in [6, 6.07) is 6.97. The second kappa shape index (κ2) is 9.30. The number of carbonyl (C=O) groups is 1. The first-order valence-electron chi connectivity index (χ1n) is 9.68. The molecule has 3 atom stereocenters. The van der Waals surface area contributed by atoms with Crippen LogP contribution < -0.4 is 16.2 Å². The molecule has 0 aliphatic carbocycles. The van der Waals surface area contributed by atoms with E-state index in [0.717, 1.165) is 64.2 Å². The molecule has 0 bridgehead atoms. The van der Waals surface area contributed by atoms with Gasteiger partial charge in [0.15, 0.2) is 0 Å². The Morgan fingerprint density at radius 3 is 2.74 bits per heavy atom. The molecule has 1 aromatic rings. The van der Waals surface area contributed by atoms with Crippen molar-refractivity contribution in [1.29, 1.82) is 0 Å². The highest BCUT2D eigenvalue weighted by molar-refractivity contribution is 5.85. The molecule has 3 fully saturated rings. The molecule has 3 aliphatic rings. The van der Waals surface area contributed by atoms with Crippen LogP contribution in [0.1, 0.15) is 18.4 Å². The lowest BCUT2D eigenvalue weighted by Gasteiger charge is -2.30. The molecule has 0 aromatic heterocycles. The molecule has 3 aliphatic heterocycles. The highest BCUT2D eigenvalue weighted by atomic mass is 35.5. The van der Waals surface area contributed by atoms with Crippen molar-refractivity contribution in [2.45, 2.75) is 31.5 Å². The largest absolute Gasteiger partial charge is 0.340 e. The third kappa shape index (κ3) is 4.78. The van der Waals surface area contributed by atoms with E-state index in [1.54, 1.807) is 0 Å². The monoisotopic (exact) mass is 397 g/mol. The predicted octanol–water partition coefficient (Wildman–Crippen LogP) is 0.736. The van der Waals surface area contributed by atoms with Crippen molar-refractivity contribution in [2.24, 2.45) is 5.92 Å². The number of hydrogen-bond acceptors (Lipinski definition) is 5. The van der Waals surface area contributed by atoms with E-state index in [1.165, 1.54) is 12.1 Å². The number of benzene rings is 1. The molecule has 150 valence electrons. The topological polar surface area (TPSA) is 59.6 Å². The molecule has 6 nitrogen and oxygen atoms in total. The second-order valence-corrected chi connectivity index (χ2v) is 7.61. The van der Waals surface area contributed by atoms with Gasteiger partial charge in [-0.1, -0.05) is 12.1 Å². The van der Waals surface area contributed by atoms with Crippen molar-refractivity contribution in [2.75, 3.05) is 39.3 Å². The summed E-state index contributed by atoms with van der Waals surface area (Å²) in [5.41, 5.74) is 7.67. The number of carbonyl (C=O) groups excluding carboxylic acids is 1. The number of amides is 1. The normalized spacial score (nSPS) is 28.9. The first-order valence-corrected chi connectivity index (χ1v) is 9.68. The van der Waals surface area contributed by atoms with Crippen molar-refractivity contribution in [3.63, 3.8) is 0 Å². The van der Waals surface area contributed by atoms with Crippen LogP contribution in [0.3, 0.4) is 0 Å². The summed E-state index contributed by atoms with van der Waals surface area (Å²) in [6.07, 6.45) is 2.03. The van der Waals surface area contributed by atoms with Crippen LogP contribution in [0, 0.1) is 11.7 Å². The molecule has 0 radical (unpaired) electrons. The number of hydrazine groups is 1. The molecule has 27 heavy (non-hydrogen) atoms. The summed E-state index contributed by atoms with van der Waals surface area (Å²) in [5.74, 6) is 0.349. The van der Waals surface area contributed by atoms with Crippen LogP contribution in [0.25, 0.3) is 0 Å². The maximum atomic E-state index is 13.1. The predicted molar refractivity (Wildman–Crippen MR) is 105 cm³/mol. The zero-order valence-electron chi connectivity index (χ0n) is 15.5. The molecule has 3 N–H and O–H groups in total. The van der Waals surface area contributed by atoms with Crippen LogP contribution in [0.5, 0.6) is 0 Å². The fraction of sp³-hybridized carbons (Fsp3) is 0.632. The Balaban J connectivity index is 0.00000210. The van der Waals surface area contributed by atoms with Gasteiger partial charge < -0.3 is 10.2 Å². The Morgan fingerprint density at radius 2 is 1.93 bits per heavy atom. The van der Waals surface area contributed by atoms with Gasteiger partial charge in [-0.3, -0.25) is 15.1 Å². The number of nitrogens with one attached hydrogen (secondary N) is 3. The first-order chi connectivity index (χ1) is 12.7. The maximum absolute atomic E-state index is 13.1. The molecule has 4 rings (SSSR count). The van der Waals surface area contributed by atoms with E-state index in [9.17, 15) is 9.18 Å². The van der Waals surface area contributed by atoms with Crippen LogP contribution in [0.2, 0.25) is 0 Å². The third-order valence-electron chi connectivity index (χ3n) is 5.87. The Morgan fingerprint density at radius 1 is 1.11 bits per heavy atom. The highest BCUT2D eigenvalue weighted by Gasteiger charge is 2.42. The molecule has 0 spiro atoms. The van der Waals surface area contributed by atoms with Crippen LogP contribution in [-0.2, 0) is 11.3 Å². The van der Waals surface area contributed by atoms with E-state index in [0.29, 0.717) is 12.0 Å². The minimum absolute atomic E-state index is 0. The van der Waals surface area contributed by atoms with Gasteiger partial charge in [-0.2, -0.15) is 0 Å². The molecule has 8 heteroatoms. The summed E-state index contributed by atoms with van der Waals surface area (Å²) in [5, 5.41) is 3.41. The molecule has 3 saturated heterocycles. The van der Waals surface area contributed by atoms with Crippen molar-refractivity contribution in [3.05, 3.63) is 35.6 Å². The molecular formula is C19H29ClFN5O. The van der Waals surface area contributed by atoms with Gasteiger partial charge in [0.1, 0.15) is 11.9 Å². The third-order valence-corrected chi connectivity index (χ3v) is 5.87. The van der Waals surface area contributed by atoms with Gasteiger partial charge in [0.05, 0.1) is 0 Å². The number of hydrogen-bond donors (Lipinski definition) is 3. The summed E-state index contributed by atoms with van der Waals surface area (Å²) in [7, 11) is 0. The number of fused-ring (bicyclic) bond motifs is 1. The van der Waals surface area contributed by atoms with E-state index < -0.39 is 0 Å². The molecule has 3 unspecified atom stereocenters. The highest BCUT2D eigenvalue weighted by Crippen LogP contribution is 2.22. The minimum atomic E-state index is -0.199. The molecule has 1 aromatic carbocycles.